The molecule has 0 atom stereocenters. The Morgan fingerprint density at radius 3 is 2.57 bits per heavy atom. The molecule has 0 aromatic heterocycles. The summed E-state index contributed by atoms with van der Waals surface area (Å²) < 4.78 is 0. The molecular weight excluding hydrogens is 218 g/mol. The minimum atomic E-state index is 0.256. The zero-order chi connectivity index (χ0) is 10.2. The van der Waals surface area contributed by atoms with Crippen molar-refractivity contribution in [1.29, 1.82) is 0 Å². The second-order valence-corrected chi connectivity index (χ2v) is 4.50. The predicted octanol–water partition coefficient (Wildman–Crippen LogP) is 0.988. The van der Waals surface area contributed by atoms with E-state index in [-0.39, 0.29) is 6.61 Å². The fourth-order valence-electron chi connectivity index (χ4n) is 1.03. The van der Waals surface area contributed by atoms with Crippen molar-refractivity contribution in [3.8, 4) is 0 Å². The van der Waals surface area contributed by atoms with Crippen molar-refractivity contribution >= 4 is 23.4 Å². The molecule has 0 unspecified atom stereocenters. The van der Waals surface area contributed by atoms with Crippen molar-refractivity contribution in [2.75, 3.05) is 25.4 Å². The van der Waals surface area contributed by atoms with Gasteiger partial charge in [0.25, 0.3) is 0 Å². The van der Waals surface area contributed by atoms with E-state index in [1.54, 1.807) is 0 Å². The molecule has 0 aliphatic rings. The number of nitrogens with two attached hydrogens (primary N) is 1. The third-order valence-corrected chi connectivity index (χ3v) is 3.03. The van der Waals surface area contributed by atoms with Gasteiger partial charge in [-0.05, 0) is 24.3 Å². The second kappa shape index (κ2) is 7.12. The van der Waals surface area contributed by atoms with Gasteiger partial charge in [0, 0.05) is 15.7 Å². The number of quaternary nitrogens is 1. The average molecular weight is 233 g/mol. The standard InChI is InChI=1S/C10H14ClNOS/c11-9-1-3-10(4-2-9)14-8-6-12-5-7-13/h1-4,12-13H,5-8H2/p+1. The van der Waals surface area contributed by atoms with Gasteiger partial charge < -0.3 is 10.4 Å². The van der Waals surface area contributed by atoms with Crippen LogP contribution in [-0.4, -0.2) is 30.6 Å². The normalized spacial score (nSPS) is 10.4. The molecule has 78 valence electrons. The summed E-state index contributed by atoms with van der Waals surface area (Å²) in [6.07, 6.45) is 0. The molecule has 0 amide bonds. The van der Waals surface area contributed by atoms with E-state index in [2.05, 4.69) is 5.32 Å². The van der Waals surface area contributed by atoms with Gasteiger partial charge in [-0.15, -0.1) is 11.8 Å². The minimum absolute atomic E-state index is 0.256. The molecule has 2 nitrogen and oxygen atoms in total. The summed E-state index contributed by atoms with van der Waals surface area (Å²) >= 11 is 7.58. The SMILES string of the molecule is OCC[NH2+]CCSc1ccc(Cl)cc1. The lowest BCUT2D eigenvalue weighted by atomic mass is 10.4. The first-order chi connectivity index (χ1) is 6.83. The highest BCUT2D eigenvalue weighted by Gasteiger charge is 1.95. The lowest BCUT2D eigenvalue weighted by molar-refractivity contribution is -0.651. The Morgan fingerprint density at radius 2 is 1.93 bits per heavy atom. The monoisotopic (exact) mass is 232 g/mol. The van der Waals surface area contributed by atoms with Gasteiger partial charge in [0.05, 0.1) is 19.7 Å². The van der Waals surface area contributed by atoms with Gasteiger partial charge in [-0.2, -0.15) is 0 Å². The van der Waals surface area contributed by atoms with Gasteiger partial charge in [-0.3, -0.25) is 0 Å². The molecule has 1 aromatic rings. The number of hydrogen-bond acceptors (Lipinski definition) is 2. The van der Waals surface area contributed by atoms with E-state index >= 15 is 0 Å². The number of thioether (sulfide) groups is 1. The topological polar surface area (TPSA) is 36.8 Å². The van der Waals surface area contributed by atoms with Crippen LogP contribution in [0.4, 0.5) is 0 Å². The Hall–Kier alpha value is -0.220. The highest BCUT2D eigenvalue weighted by Crippen LogP contribution is 2.19. The van der Waals surface area contributed by atoms with Gasteiger partial charge in [-0.1, -0.05) is 11.6 Å². The van der Waals surface area contributed by atoms with Crippen molar-refractivity contribution in [1.82, 2.24) is 0 Å². The molecule has 1 rings (SSSR count). The number of aliphatic hydroxyl groups is 1. The number of halogens is 1. The number of aliphatic hydroxyl groups excluding tert-OH is 1. The maximum Gasteiger partial charge on any atom is 0.0990 e. The lowest BCUT2D eigenvalue weighted by Gasteiger charge is -2.00. The molecule has 0 heterocycles. The Kier molecular flexibility index (Phi) is 6.03. The maximum absolute atomic E-state index is 8.56. The van der Waals surface area contributed by atoms with Crippen LogP contribution in [0.5, 0.6) is 0 Å². The van der Waals surface area contributed by atoms with Crippen LogP contribution in [0.2, 0.25) is 5.02 Å². The largest absolute Gasteiger partial charge is 0.391 e. The fraction of sp³-hybridized carbons (Fsp3) is 0.400. The van der Waals surface area contributed by atoms with Crippen LogP contribution in [0, 0.1) is 0 Å². The molecule has 0 saturated carbocycles. The first-order valence-electron chi connectivity index (χ1n) is 4.64. The molecule has 0 aliphatic heterocycles. The third kappa shape index (κ3) is 4.86. The van der Waals surface area contributed by atoms with Crippen LogP contribution < -0.4 is 5.32 Å². The average Bonchev–Trinajstić information content (AvgIpc) is 2.21. The summed E-state index contributed by atoms with van der Waals surface area (Å²) in [4.78, 5) is 1.24. The van der Waals surface area contributed by atoms with Gasteiger partial charge in [0.1, 0.15) is 0 Å². The zero-order valence-corrected chi connectivity index (χ0v) is 9.52. The Balaban J connectivity index is 2.15. The summed E-state index contributed by atoms with van der Waals surface area (Å²) in [7, 11) is 0. The first kappa shape index (κ1) is 11.9. The van der Waals surface area contributed by atoms with Crippen LogP contribution in [0.25, 0.3) is 0 Å². The predicted molar refractivity (Wildman–Crippen MR) is 60.9 cm³/mol. The Bertz CT molecular complexity index is 253. The highest BCUT2D eigenvalue weighted by atomic mass is 35.5. The Morgan fingerprint density at radius 1 is 1.21 bits per heavy atom. The molecular formula is C10H15ClNOS+. The summed E-state index contributed by atoms with van der Waals surface area (Å²) in [5.74, 6) is 1.06. The van der Waals surface area contributed by atoms with Gasteiger partial charge >= 0.3 is 0 Å². The van der Waals surface area contributed by atoms with E-state index in [0.29, 0.717) is 0 Å². The van der Waals surface area contributed by atoms with E-state index in [9.17, 15) is 0 Å². The van der Waals surface area contributed by atoms with Crippen molar-refractivity contribution in [2.45, 2.75) is 4.90 Å². The summed E-state index contributed by atoms with van der Waals surface area (Å²) in [5.41, 5.74) is 0. The minimum Gasteiger partial charge on any atom is -0.391 e. The molecule has 0 radical (unpaired) electrons. The van der Waals surface area contributed by atoms with E-state index < -0.39 is 0 Å². The van der Waals surface area contributed by atoms with Crippen LogP contribution in [-0.2, 0) is 0 Å². The lowest BCUT2D eigenvalue weighted by Crippen LogP contribution is -2.85. The van der Waals surface area contributed by atoms with Crippen molar-refractivity contribution < 1.29 is 10.4 Å². The van der Waals surface area contributed by atoms with Crippen molar-refractivity contribution in [2.24, 2.45) is 0 Å². The molecule has 14 heavy (non-hydrogen) atoms. The third-order valence-electron chi connectivity index (χ3n) is 1.74. The van der Waals surface area contributed by atoms with E-state index in [1.807, 2.05) is 36.0 Å². The summed E-state index contributed by atoms with van der Waals surface area (Å²) in [6, 6.07) is 7.86. The van der Waals surface area contributed by atoms with E-state index in [1.165, 1.54) is 4.90 Å². The number of hydrogen-bond donors (Lipinski definition) is 2. The van der Waals surface area contributed by atoms with Crippen molar-refractivity contribution in [3.63, 3.8) is 0 Å². The van der Waals surface area contributed by atoms with Crippen LogP contribution >= 0.6 is 23.4 Å². The van der Waals surface area contributed by atoms with Gasteiger partial charge in [0.15, 0.2) is 0 Å². The highest BCUT2D eigenvalue weighted by molar-refractivity contribution is 7.99. The molecule has 1 aromatic carbocycles. The smallest absolute Gasteiger partial charge is 0.0990 e. The quantitative estimate of drug-likeness (QED) is 0.567. The molecule has 3 N–H and O–H groups in total. The van der Waals surface area contributed by atoms with Crippen LogP contribution in [0.1, 0.15) is 0 Å². The molecule has 0 aliphatic carbocycles. The maximum atomic E-state index is 8.56. The fourth-order valence-corrected chi connectivity index (χ4v) is 2.00. The van der Waals surface area contributed by atoms with Crippen LogP contribution in [0.15, 0.2) is 29.2 Å². The molecule has 0 bridgehead atoms. The first-order valence-corrected chi connectivity index (χ1v) is 6.00. The van der Waals surface area contributed by atoms with E-state index in [0.717, 1.165) is 23.9 Å². The molecule has 0 spiro atoms. The summed E-state index contributed by atoms with van der Waals surface area (Å²) in [6.45, 7) is 2.08. The van der Waals surface area contributed by atoms with Crippen molar-refractivity contribution in [3.05, 3.63) is 29.3 Å². The van der Waals surface area contributed by atoms with Gasteiger partial charge in [0.2, 0.25) is 0 Å². The number of rotatable bonds is 6. The second-order valence-electron chi connectivity index (χ2n) is 2.89. The van der Waals surface area contributed by atoms with E-state index in [4.69, 9.17) is 16.7 Å². The molecule has 4 heteroatoms. The molecule has 0 fully saturated rings. The van der Waals surface area contributed by atoms with Gasteiger partial charge in [-0.25, -0.2) is 0 Å². The zero-order valence-electron chi connectivity index (χ0n) is 7.95. The van der Waals surface area contributed by atoms with Crippen LogP contribution in [0.3, 0.4) is 0 Å². The number of benzene rings is 1. The molecule has 0 saturated heterocycles. The summed E-state index contributed by atoms with van der Waals surface area (Å²) in [5, 5.41) is 11.5. The Labute approximate surface area is 93.7 Å².